The standard InChI is InChI=1S/C20H30N2O2/c1-24-18-7-5-15(6-8-18)13-16-9-11-22(12-10-16)20(23)19-4-2-3-17(19)14-21/h5-8,16-17,19H,2-4,9-14,21H2,1H3/t17-,19-/m1/s1. The van der Waals surface area contributed by atoms with Crippen LogP contribution in [-0.4, -0.2) is 37.6 Å². The number of benzene rings is 1. The van der Waals surface area contributed by atoms with Crippen molar-refractivity contribution in [2.45, 2.75) is 38.5 Å². The minimum atomic E-state index is 0.188. The molecule has 0 bridgehead atoms. The third-order valence-electron chi connectivity index (χ3n) is 5.89. The number of piperidine rings is 1. The summed E-state index contributed by atoms with van der Waals surface area (Å²) in [6, 6.07) is 8.36. The van der Waals surface area contributed by atoms with Gasteiger partial charge in [0.2, 0.25) is 5.91 Å². The summed E-state index contributed by atoms with van der Waals surface area (Å²) < 4.78 is 5.21. The zero-order valence-corrected chi connectivity index (χ0v) is 14.7. The maximum atomic E-state index is 12.8. The van der Waals surface area contributed by atoms with Crippen molar-refractivity contribution >= 4 is 5.91 Å². The van der Waals surface area contributed by atoms with E-state index in [2.05, 4.69) is 17.0 Å². The number of methoxy groups -OCH3 is 1. The van der Waals surface area contributed by atoms with Gasteiger partial charge in [0.05, 0.1) is 7.11 Å². The second kappa shape index (κ2) is 8.02. The van der Waals surface area contributed by atoms with Crippen molar-refractivity contribution < 1.29 is 9.53 Å². The SMILES string of the molecule is COc1ccc(CC2CCN(C(=O)[C@@H]3CCC[C@@H]3CN)CC2)cc1. The molecule has 3 rings (SSSR count). The van der Waals surface area contributed by atoms with Gasteiger partial charge in [0, 0.05) is 19.0 Å². The molecule has 0 spiro atoms. The average molecular weight is 330 g/mol. The molecule has 2 aliphatic rings. The van der Waals surface area contributed by atoms with Gasteiger partial charge in [-0.05, 0) is 68.2 Å². The lowest BCUT2D eigenvalue weighted by molar-refractivity contribution is -0.138. The monoisotopic (exact) mass is 330 g/mol. The summed E-state index contributed by atoms with van der Waals surface area (Å²) in [5.41, 5.74) is 7.20. The third kappa shape index (κ3) is 3.92. The summed E-state index contributed by atoms with van der Waals surface area (Å²) in [7, 11) is 1.70. The van der Waals surface area contributed by atoms with E-state index in [1.54, 1.807) is 7.11 Å². The Balaban J connectivity index is 1.49. The molecule has 0 unspecified atom stereocenters. The van der Waals surface area contributed by atoms with E-state index in [1.807, 2.05) is 12.1 Å². The third-order valence-corrected chi connectivity index (χ3v) is 5.89. The molecule has 4 heteroatoms. The molecule has 1 heterocycles. The molecule has 0 radical (unpaired) electrons. The van der Waals surface area contributed by atoms with Gasteiger partial charge in [-0.25, -0.2) is 0 Å². The molecule has 1 amide bonds. The maximum Gasteiger partial charge on any atom is 0.226 e. The first kappa shape index (κ1) is 17.3. The van der Waals surface area contributed by atoms with Crippen molar-refractivity contribution in [2.75, 3.05) is 26.7 Å². The van der Waals surface area contributed by atoms with E-state index in [0.717, 1.165) is 57.4 Å². The average Bonchev–Trinajstić information content (AvgIpc) is 3.11. The smallest absolute Gasteiger partial charge is 0.226 e. The van der Waals surface area contributed by atoms with E-state index < -0.39 is 0 Å². The first-order valence-electron chi connectivity index (χ1n) is 9.33. The number of carbonyl (C=O) groups excluding carboxylic acids is 1. The van der Waals surface area contributed by atoms with Crippen molar-refractivity contribution in [3.05, 3.63) is 29.8 Å². The summed E-state index contributed by atoms with van der Waals surface area (Å²) >= 11 is 0. The number of ether oxygens (including phenoxy) is 1. The number of rotatable bonds is 5. The Morgan fingerprint density at radius 1 is 1.17 bits per heavy atom. The van der Waals surface area contributed by atoms with Gasteiger partial charge in [0.25, 0.3) is 0 Å². The summed E-state index contributed by atoms with van der Waals surface area (Å²) in [4.78, 5) is 14.9. The molecule has 1 saturated heterocycles. The van der Waals surface area contributed by atoms with Gasteiger partial charge in [-0.3, -0.25) is 4.79 Å². The molecule has 1 aromatic rings. The van der Waals surface area contributed by atoms with Gasteiger partial charge in [-0.15, -0.1) is 0 Å². The largest absolute Gasteiger partial charge is 0.497 e. The topological polar surface area (TPSA) is 55.6 Å². The number of likely N-dealkylation sites (tertiary alicyclic amines) is 1. The normalized spacial score (nSPS) is 25.0. The predicted molar refractivity (Wildman–Crippen MR) is 95.9 cm³/mol. The predicted octanol–water partition coefficient (Wildman–Crippen LogP) is 2.85. The fourth-order valence-electron chi connectivity index (χ4n) is 4.33. The summed E-state index contributed by atoms with van der Waals surface area (Å²) in [5.74, 6) is 2.55. The number of amides is 1. The Bertz CT molecular complexity index is 535. The zero-order valence-electron chi connectivity index (χ0n) is 14.7. The highest BCUT2D eigenvalue weighted by molar-refractivity contribution is 5.79. The summed E-state index contributed by atoms with van der Waals surface area (Å²) in [6.07, 6.45) is 6.63. The molecule has 2 N–H and O–H groups in total. The van der Waals surface area contributed by atoms with Crippen LogP contribution in [0.2, 0.25) is 0 Å². The number of carbonyl (C=O) groups is 1. The van der Waals surface area contributed by atoms with Crippen LogP contribution in [0.25, 0.3) is 0 Å². The molecule has 4 nitrogen and oxygen atoms in total. The second-order valence-corrected chi connectivity index (χ2v) is 7.35. The molecular formula is C20H30N2O2. The van der Waals surface area contributed by atoms with Gasteiger partial charge >= 0.3 is 0 Å². The number of nitrogens with zero attached hydrogens (tertiary/aromatic N) is 1. The van der Waals surface area contributed by atoms with Crippen LogP contribution in [0.5, 0.6) is 5.75 Å². The van der Waals surface area contributed by atoms with Gasteiger partial charge in [0.1, 0.15) is 5.75 Å². The van der Waals surface area contributed by atoms with E-state index in [4.69, 9.17) is 10.5 Å². The fourth-order valence-corrected chi connectivity index (χ4v) is 4.33. The van der Waals surface area contributed by atoms with Gasteiger partial charge in [-0.2, -0.15) is 0 Å². The van der Waals surface area contributed by atoms with Crippen LogP contribution in [0, 0.1) is 17.8 Å². The zero-order chi connectivity index (χ0) is 16.9. The van der Waals surface area contributed by atoms with Crippen LogP contribution >= 0.6 is 0 Å². The molecule has 1 aliphatic heterocycles. The highest BCUT2D eigenvalue weighted by Gasteiger charge is 2.35. The van der Waals surface area contributed by atoms with Crippen molar-refractivity contribution in [3.63, 3.8) is 0 Å². The lowest BCUT2D eigenvalue weighted by Crippen LogP contribution is -2.43. The molecule has 1 aromatic carbocycles. The quantitative estimate of drug-likeness (QED) is 0.903. The van der Waals surface area contributed by atoms with Gasteiger partial charge in [-0.1, -0.05) is 18.6 Å². The van der Waals surface area contributed by atoms with E-state index in [-0.39, 0.29) is 5.92 Å². The highest BCUT2D eigenvalue weighted by Crippen LogP contribution is 2.33. The Labute approximate surface area is 145 Å². The maximum absolute atomic E-state index is 12.8. The van der Waals surface area contributed by atoms with Crippen molar-refractivity contribution in [1.29, 1.82) is 0 Å². The van der Waals surface area contributed by atoms with E-state index in [0.29, 0.717) is 24.3 Å². The number of hydrogen-bond donors (Lipinski definition) is 1. The lowest BCUT2D eigenvalue weighted by atomic mass is 9.88. The molecule has 0 aromatic heterocycles. The molecule has 2 fully saturated rings. The van der Waals surface area contributed by atoms with Crippen molar-refractivity contribution in [3.8, 4) is 5.75 Å². The molecular weight excluding hydrogens is 300 g/mol. The second-order valence-electron chi connectivity index (χ2n) is 7.35. The Kier molecular flexibility index (Phi) is 5.77. The Hall–Kier alpha value is -1.55. The van der Waals surface area contributed by atoms with E-state index >= 15 is 0 Å². The first-order chi connectivity index (χ1) is 11.7. The molecule has 2 atom stereocenters. The van der Waals surface area contributed by atoms with Crippen LogP contribution in [0.1, 0.15) is 37.7 Å². The summed E-state index contributed by atoms with van der Waals surface area (Å²) in [5, 5.41) is 0. The number of hydrogen-bond acceptors (Lipinski definition) is 3. The molecule has 132 valence electrons. The summed E-state index contributed by atoms with van der Waals surface area (Å²) in [6.45, 7) is 2.48. The van der Waals surface area contributed by atoms with Crippen LogP contribution in [-0.2, 0) is 11.2 Å². The minimum absolute atomic E-state index is 0.188. The highest BCUT2D eigenvalue weighted by atomic mass is 16.5. The van der Waals surface area contributed by atoms with Crippen LogP contribution in [0.15, 0.2) is 24.3 Å². The van der Waals surface area contributed by atoms with Gasteiger partial charge < -0.3 is 15.4 Å². The van der Waals surface area contributed by atoms with Crippen molar-refractivity contribution in [1.82, 2.24) is 4.90 Å². The molecule has 24 heavy (non-hydrogen) atoms. The Morgan fingerprint density at radius 3 is 2.50 bits per heavy atom. The molecule has 1 aliphatic carbocycles. The minimum Gasteiger partial charge on any atom is -0.497 e. The van der Waals surface area contributed by atoms with Crippen LogP contribution < -0.4 is 10.5 Å². The molecule has 1 saturated carbocycles. The number of nitrogens with two attached hydrogens (primary N) is 1. The van der Waals surface area contributed by atoms with Gasteiger partial charge in [0.15, 0.2) is 0 Å². The van der Waals surface area contributed by atoms with Crippen LogP contribution in [0.3, 0.4) is 0 Å². The van der Waals surface area contributed by atoms with E-state index in [1.165, 1.54) is 5.56 Å². The van der Waals surface area contributed by atoms with Crippen LogP contribution in [0.4, 0.5) is 0 Å². The lowest BCUT2D eigenvalue weighted by Gasteiger charge is -2.34. The Morgan fingerprint density at radius 2 is 1.88 bits per heavy atom. The van der Waals surface area contributed by atoms with Crippen molar-refractivity contribution in [2.24, 2.45) is 23.5 Å². The first-order valence-corrected chi connectivity index (χ1v) is 9.33. The fraction of sp³-hybridized carbons (Fsp3) is 0.650. The van der Waals surface area contributed by atoms with E-state index in [9.17, 15) is 4.79 Å².